The van der Waals surface area contributed by atoms with Gasteiger partial charge in [-0.3, -0.25) is 4.79 Å². The van der Waals surface area contributed by atoms with Crippen LogP contribution in [0.15, 0.2) is 126 Å². The number of carbonyl (C=O) groups is 2. The minimum atomic E-state index is -4.42. The molecule has 0 saturated heterocycles. The molecule has 4 aromatic carbocycles. The van der Waals surface area contributed by atoms with Gasteiger partial charge in [-0.15, -0.1) is 0 Å². The zero-order valence-corrected chi connectivity index (χ0v) is 25.8. The first-order valence-corrected chi connectivity index (χ1v) is 16.1. The molecule has 11 heteroatoms. The molecule has 1 aliphatic carbocycles. The molecule has 5 aromatic rings. The van der Waals surface area contributed by atoms with E-state index in [1.54, 1.807) is 66.9 Å². The van der Waals surface area contributed by atoms with E-state index in [-0.39, 0.29) is 23.4 Å². The van der Waals surface area contributed by atoms with Crippen LogP contribution in [0.3, 0.4) is 0 Å². The molecule has 0 unspecified atom stereocenters. The molecule has 1 fully saturated rings. The van der Waals surface area contributed by atoms with Crippen molar-refractivity contribution in [1.82, 2.24) is 9.29 Å². The number of hydrogen-bond acceptors (Lipinski definition) is 6. The third kappa shape index (κ3) is 6.10. The van der Waals surface area contributed by atoms with Crippen LogP contribution < -0.4 is 5.32 Å². The van der Waals surface area contributed by atoms with Crippen molar-refractivity contribution in [1.29, 1.82) is 0 Å². The molecule has 6 rings (SSSR count). The van der Waals surface area contributed by atoms with Crippen LogP contribution in [0.4, 0.5) is 11.5 Å². The zero-order chi connectivity index (χ0) is 32.5. The van der Waals surface area contributed by atoms with E-state index in [1.807, 2.05) is 24.3 Å². The minimum Gasteiger partial charge on any atom is -0.480 e. The average molecular weight is 654 g/mol. The number of anilines is 2. The van der Waals surface area contributed by atoms with Gasteiger partial charge >= 0.3 is 11.9 Å². The number of carboxylic acid groups (broad SMARTS) is 2. The van der Waals surface area contributed by atoms with Crippen LogP contribution in [0.2, 0.25) is 5.02 Å². The second-order valence-electron chi connectivity index (χ2n) is 11.0. The van der Waals surface area contributed by atoms with Crippen LogP contribution in [0, 0.1) is 0 Å². The number of nitrogens with one attached hydrogen (secondary N) is 1. The lowest BCUT2D eigenvalue weighted by Crippen LogP contribution is -2.48. The van der Waals surface area contributed by atoms with Crippen LogP contribution in [-0.4, -0.2) is 45.4 Å². The Labute approximate surface area is 270 Å². The summed E-state index contributed by atoms with van der Waals surface area (Å²) in [6, 6.07) is 31.7. The summed E-state index contributed by atoms with van der Waals surface area (Å²) >= 11 is 6.02. The number of sulfonamides is 1. The molecule has 1 aliphatic rings. The Morgan fingerprint density at radius 3 is 2.22 bits per heavy atom. The molecule has 3 N–H and O–H groups in total. The molecule has 0 amide bonds. The second-order valence-corrected chi connectivity index (χ2v) is 13.3. The molecule has 0 bridgehead atoms. The van der Waals surface area contributed by atoms with E-state index < -0.39 is 33.4 Å². The fraction of sp³-hybridized carbons (Fsp3) is 0.114. The Morgan fingerprint density at radius 2 is 1.57 bits per heavy atom. The molecule has 0 radical (unpaired) electrons. The number of aromatic nitrogens is 1. The summed E-state index contributed by atoms with van der Waals surface area (Å²) in [4.78, 5) is 29.0. The number of rotatable bonds is 11. The maximum Gasteiger partial charge on any atom is 0.335 e. The van der Waals surface area contributed by atoms with E-state index in [1.165, 1.54) is 30.3 Å². The van der Waals surface area contributed by atoms with Crippen molar-refractivity contribution < 1.29 is 28.2 Å². The van der Waals surface area contributed by atoms with Gasteiger partial charge in [-0.2, -0.15) is 4.31 Å². The molecule has 1 heterocycles. The lowest BCUT2D eigenvalue weighted by atomic mass is 10.0. The first kappa shape index (κ1) is 31.0. The number of hydrogen-bond donors (Lipinski definition) is 3. The van der Waals surface area contributed by atoms with Crippen molar-refractivity contribution in [3.63, 3.8) is 0 Å². The predicted molar refractivity (Wildman–Crippen MR) is 175 cm³/mol. The van der Waals surface area contributed by atoms with Crippen LogP contribution in [0.5, 0.6) is 0 Å². The first-order valence-electron chi connectivity index (χ1n) is 14.3. The molecule has 9 nitrogen and oxygen atoms in total. The second kappa shape index (κ2) is 12.4. The fourth-order valence-electron chi connectivity index (χ4n) is 5.68. The number of aromatic carboxylic acids is 1. The van der Waals surface area contributed by atoms with Crippen molar-refractivity contribution in [2.75, 3.05) is 5.32 Å². The van der Waals surface area contributed by atoms with Gasteiger partial charge in [0.25, 0.3) is 0 Å². The van der Waals surface area contributed by atoms with E-state index in [4.69, 9.17) is 11.6 Å². The normalized spacial score (nSPS) is 17.4. The van der Waals surface area contributed by atoms with Crippen LogP contribution in [0.25, 0.3) is 11.1 Å². The summed E-state index contributed by atoms with van der Waals surface area (Å²) in [5, 5.41) is 24.0. The predicted octanol–water partition coefficient (Wildman–Crippen LogP) is 7.05. The molecule has 0 spiro atoms. The summed E-state index contributed by atoms with van der Waals surface area (Å²) in [5.41, 5.74) is 1.39. The first-order chi connectivity index (χ1) is 22.1. The zero-order valence-electron chi connectivity index (χ0n) is 24.2. The summed E-state index contributed by atoms with van der Waals surface area (Å²) in [7, 11) is -4.42. The number of nitrogens with zero attached hydrogens (tertiary/aromatic N) is 2. The molecule has 0 aliphatic heterocycles. The number of aliphatic carboxylic acids is 1. The van der Waals surface area contributed by atoms with Gasteiger partial charge in [-0.1, -0.05) is 66.2 Å². The highest BCUT2D eigenvalue weighted by atomic mass is 35.5. The summed E-state index contributed by atoms with van der Waals surface area (Å²) in [6.45, 7) is -0.350. The SMILES string of the molecule is O=C(O)c1cccc(CN([C@]2(C(=O)O)C[C@H]2c2cccc(Nc3ccccn3)c2)S(=O)(=O)c2ccc(-c3ccc(Cl)cc3)cc2)c1. The van der Waals surface area contributed by atoms with Gasteiger partial charge in [0, 0.05) is 29.4 Å². The van der Waals surface area contributed by atoms with E-state index in [0.29, 0.717) is 27.7 Å². The molecule has 1 aromatic heterocycles. The van der Waals surface area contributed by atoms with Gasteiger partial charge in [0.05, 0.1) is 10.5 Å². The Bertz CT molecular complexity index is 2020. The van der Waals surface area contributed by atoms with Crippen LogP contribution >= 0.6 is 11.6 Å². The Hall–Kier alpha value is -5.03. The fourth-order valence-corrected chi connectivity index (χ4v) is 7.57. The van der Waals surface area contributed by atoms with E-state index in [9.17, 15) is 28.2 Å². The Kier molecular flexibility index (Phi) is 8.35. The minimum absolute atomic E-state index is 0.0239. The number of pyridine rings is 1. The molecular formula is C35H28ClN3O6S. The molecular weight excluding hydrogens is 626 g/mol. The highest BCUT2D eigenvalue weighted by molar-refractivity contribution is 7.89. The monoisotopic (exact) mass is 653 g/mol. The number of benzene rings is 4. The Morgan fingerprint density at radius 1 is 0.870 bits per heavy atom. The number of halogens is 1. The van der Waals surface area contributed by atoms with Crippen molar-refractivity contribution in [3.05, 3.63) is 143 Å². The van der Waals surface area contributed by atoms with E-state index in [2.05, 4.69) is 10.3 Å². The number of carboxylic acids is 2. The molecule has 232 valence electrons. The summed E-state index contributed by atoms with van der Waals surface area (Å²) in [6.07, 6.45) is 1.67. The molecule has 46 heavy (non-hydrogen) atoms. The highest BCUT2D eigenvalue weighted by Crippen LogP contribution is 2.58. The molecule has 2 atom stereocenters. The van der Waals surface area contributed by atoms with Crippen molar-refractivity contribution in [2.45, 2.75) is 29.3 Å². The largest absolute Gasteiger partial charge is 0.480 e. The quantitative estimate of drug-likeness (QED) is 0.138. The van der Waals surface area contributed by atoms with Crippen LogP contribution in [0.1, 0.15) is 33.8 Å². The van der Waals surface area contributed by atoms with Gasteiger partial charge < -0.3 is 15.5 Å². The highest BCUT2D eigenvalue weighted by Gasteiger charge is 2.68. The lowest BCUT2D eigenvalue weighted by molar-refractivity contribution is -0.143. The third-order valence-electron chi connectivity index (χ3n) is 8.09. The standard InChI is InChI=1S/C35H28ClN3O6S/c36-28-14-10-24(11-15-28)25-12-16-30(17-13-25)46(44,45)39(22-23-5-3-7-27(19-23)33(40)41)35(34(42)43)21-31(35)26-6-4-8-29(20-26)38-32-9-1-2-18-37-32/h1-20,31H,21-22H2,(H,37,38)(H,40,41)(H,42,43)/t31-,35+/m0/s1. The van der Waals surface area contributed by atoms with Crippen LogP contribution in [-0.2, 0) is 21.4 Å². The molecule has 1 saturated carbocycles. The van der Waals surface area contributed by atoms with Gasteiger partial charge in [-0.25, -0.2) is 18.2 Å². The van der Waals surface area contributed by atoms with Gasteiger partial charge in [0.1, 0.15) is 11.4 Å². The van der Waals surface area contributed by atoms with Gasteiger partial charge in [0.15, 0.2) is 0 Å². The van der Waals surface area contributed by atoms with Crippen molar-refractivity contribution in [2.24, 2.45) is 0 Å². The van der Waals surface area contributed by atoms with E-state index in [0.717, 1.165) is 15.4 Å². The summed E-state index contributed by atoms with van der Waals surface area (Å²) < 4.78 is 29.9. The maximum absolute atomic E-state index is 14.4. The van der Waals surface area contributed by atoms with Crippen molar-refractivity contribution in [3.8, 4) is 11.1 Å². The van der Waals surface area contributed by atoms with Crippen molar-refractivity contribution >= 4 is 45.1 Å². The topological polar surface area (TPSA) is 137 Å². The smallest absolute Gasteiger partial charge is 0.335 e. The van der Waals surface area contributed by atoms with Gasteiger partial charge in [0.2, 0.25) is 10.0 Å². The summed E-state index contributed by atoms with van der Waals surface area (Å²) in [5.74, 6) is -2.55. The third-order valence-corrected chi connectivity index (χ3v) is 10.2. The maximum atomic E-state index is 14.4. The van der Waals surface area contributed by atoms with E-state index >= 15 is 0 Å². The van der Waals surface area contributed by atoms with Gasteiger partial charge in [-0.05, 0) is 89.3 Å². The Balaban J connectivity index is 1.39. The lowest BCUT2D eigenvalue weighted by Gasteiger charge is -2.30. The average Bonchev–Trinajstić information content (AvgIpc) is 3.82.